The Balaban J connectivity index is 2.69. The summed E-state index contributed by atoms with van der Waals surface area (Å²) < 4.78 is 0. The van der Waals surface area contributed by atoms with Crippen LogP contribution in [0.2, 0.25) is 0 Å². The van der Waals surface area contributed by atoms with Crippen LogP contribution in [0.25, 0.3) is 0 Å². The first-order valence-corrected chi connectivity index (χ1v) is 3.35. The summed E-state index contributed by atoms with van der Waals surface area (Å²) in [7, 11) is 0. The molecule has 10 heavy (non-hydrogen) atoms. The van der Waals surface area contributed by atoms with Crippen molar-refractivity contribution in [1.82, 2.24) is 9.97 Å². The smallest absolute Gasteiger partial charge is 0.222 e. The summed E-state index contributed by atoms with van der Waals surface area (Å²) >= 11 is 0. The highest BCUT2D eigenvalue weighted by Gasteiger charge is 1.89. The lowest BCUT2D eigenvalue weighted by Gasteiger charge is -1.98. The van der Waals surface area contributed by atoms with Gasteiger partial charge in [0.2, 0.25) is 5.95 Å². The summed E-state index contributed by atoms with van der Waals surface area (Å²) in [6.07, 6.45) is 3.59. The molecular weight excluding hydrogens is 126 g/mol. The molecule has 0 saturated carbocycles. The quantitative estimate of drug-likeness (QED) is 0.666. The summed E-state index contributed by atoms with van der Waals surface area (Å²) in [5, 5.41) is 3.01. The van der Waals surface area contributed by atoms with E-state index in [4.69, 9.17) is 0 Å². The molecule has 0 aliphatic rings. The van der Waals surface area contributed by atoms with E-state index < -0.39 is 0 Å². The van der Waals surface area contributed by atoms with Crippen LogP contribution in [0.1, 0.15) is 12.5 Å². The fourth-order valence-electron chi connectivity index (χ4n) is 0.642. The Kier molecular flexibility index (Phi) is 2.20. The number of anilines is 1. The van der Waals surface area contributed by atoms with Crippen molar-refractivity contribution in [3.63, 3.8) is 0 Å². The van der Waals surface area contributed by atoms with Crippen LogP contribution >= 0.6 is 0 Å². The Labute approximate surface area is 60.5 Å². The van der Waals surface area contributed by atoms with Gasteiger partial charge in [0.25, 0.3) is 0 Å². The Morgan fingerprint density at radius 3 is 2.50 bits per heavy atom. The SMILES string of the molecule is CCNc1ncc(C)cn1. The molecule has 0 fully saturated rings. The van der Waals surface area contributed by atoms with Crippen LogP contribution in [0.15, 0.2) is 12.4 Å². The second-order valence-electron chi connectivity index (χ2n) is 2.11. The van der Waals surface area contributed by atoms with Crippen molar-refractivity contribution >= 4 is 5.95 Å². The van der Waals surface area contributed by atoms with Crippen LogP contribution in [-0.2, 0) is 0 Å². The van der Waals surface area contributed by atoms with E-state index in [0.29, 0.717) is 5.95 Å². The van der Waals surface area contributed by atoms with Gasteiger partial charge in [-0.15, -0.1) is 0 Å². The molecule has 0 amide bonds. The van der Waals surface area contributed by atoms with Crippen molar-refractivity contribution in [2.24, 2.45) is 0 Å². The zero-order valence-electron chi connectivity index (χ0n) is 6.26. The van der Waals surface area contributed by atoms with Crippen LogP contribution in [0.3, 0.4) is 0 Å². The van der Waals surface area contributed by atoms with Crippen LogP contribution in [0.5, 0.6) is 0 Å². The number of nitrogens with zero attached hydrogens (tertiary/aromatic N) is 2. The van der Waals surface area contributed by atoms with E-state index in [-0.39, 0.29) is 0 Å². The first-order valence-electron chi connectivity index (χ1n) is 3.35. The number of hydrogen-bond donors (Lipinski definition) is 1. The molecule has 0 aliphatic carbocycles. The van der Waals surface area contributed by atoms with Gasteiger partial charge in [-0.2, -0.15) is 0 Å². The van der Waals surface area contributed by atoms with Crippen molar-refractivity contribution in [2.45, 2.75) is 13.8 Å². The maximum Gasteiger partial charge on any atom is 0.222 e. The monoisotopic (exact) mass is 137 g/mol. The third-order valence-electron chi connectivity index (χ3n) is 1.12. The highest BCUT2D eigenvalue weighted by atomic mass is 15.1. The van der Waals surface area contributed by atoms with Crippen LogP contribution in [-0.4, -0.2) is 16.5 Å². The van der Waals surface area contributed by atoms with Gasteiger partial charge in [-0.25, -0.2) is 9.97 Å². The lowest BCUT2D eigenvalue weighted by Crippen LogP contribution is -2.01. The second-order valence-corrected chi connectivity index (χ2v) is 2.11. The van der Waals surface area contributed by atoms with Crippen molar-refractivity contribution < 1.29 is 0 Å². The highest BCUT2D eigenvalue weighted by Crippen LogP contribution is 1.96. The van der Waals surface area contributed by atoms with Gasteiger partial charge in [0.05, 0.1) is 0 Å². The van der Waals surface area contributed by atoms with Crippen molar-refractivity contribution in [3.8, 4) is 0 Å². The molecule has 54 valence electrons. The highest BCUT2D eigenvalue weighted by molar-refractivity contribution is 5.23. The lowest BCUT2D eigenvalue weighted by atomic mass is 10.4. The summed E-state index contributed by atoms with van der Waals surface area (Å²) in [5.74, 6) is 0.702. The van der Waals surface area contributed by atoms with Gasteiger partial charge in [-0.05, 0) is 19.4 Å². The van der Waals surface area contributed by atoms with Crippen molar-refractivity contribution in [1.29, 1.82) is 0 Å². The van der Waals surface area contributed by atoms with E-state index >= 15 is 0 Å². The summed E-state index contributed by atoms with van der Waals surface area (Å²) in [6, 6.07) is 0. The predicted octanol–water partition coefficient (Wildman–Crippen LogP) is 1.22. The van der Waals surface area contributed by atoms with E-state index in [1.165, 1.54) is 0 Å². The standard InChI is InChI=1S/C7H11N3/c1-3-8-7-9-4-6(2)5-10-7/h4-5H,3H2,1-2H3,(H,8,9,10). The molecule has 3 heteroatoms. The summed E-state index contributed by atoms with van der Waals surface area (Å²) in [6.45, 7) is 4.85. The number of rotatable bonds is 2. The van der Waals surface area contributed by atoms with Crippen LogP contribution in [0, 0.1) is 6.92 Å². The summed E-state index contributed by atoms with van der Waals surface area (Å²) in [5.41, 5.74) is 1.08. The fourth-order valence-corrected chi connectivity index (χ4v) is 0.642. The molecule has 0 radical (unpaired) electrons. The second kappa shape index (κ2) is 3.15. The molecule has 0 atom stereocenters. The molecule has 1 heterocycles. The molecular formula is C7H11N3. The molecule has 1 rings (SSSR count). The van der Waals surface area contributed by atoms with E-state index in [9.17, 15) is 0 Å². The minimum Gasteiger partial charge on any atom is -0.355 e. The Morgan fingerprint density at radius 2 is 2.00 bits per heavy atom. The van der Waals surface area contributed by atoms with Crippen LogP contribution < -0.4 is 5.32 Å². The van der Waals surface area contributed by atoms with Crippen molar-refractivity contribution in [2.75, 3.05) is 11.9 Å². The molecule has 0 spiro atoms. The predicted molar refractivity (Wildman–Crippen MR) is 40.9 cm³/mol. The number of aryl methyl sites for hydroxylation is 1. The number of aromatic nitrogens is 2. The summed E-state index contributed by atoms with van der Waals surface area (Å²) in [4.78, 5) is 8.09. The molecule has 1 aromatic heterocycles. The minimum atomic E-state index is 0.702. The van der Waals surface area contributed by atoms with E-state index in [2.05, 4.69) is 15.3 Å². The molecule has 0 aromatic carbocycles. The van der Waals surface area contributed by atoms with Crippen molar-refractivity contribution in [3.05, 3.63) is 18.0 Å². The minimum absolute atomic E-state index is 0.702. The van der Waals surface area contributed by atoms with E-state index in [1.807, 2.05) is 13.8 Å². The normalized spacial score (nSPS) is 9.40. The van der Waals surface area contributed by atoms with Gasteiger partial charge in [0.1, 0.15) is 0 Å². The number of hydrogen-bond acceptors (Lipinski definition) is 3. The lowest BCUT2D eigenvalue weighted by molar-refractivity contribution is 1.07. The topological polar surface area (TPSA) is 37.8 Å². The molecule has 1 N–H and O–H groups in total. The van der Waals surface area contributed by atoms with Crippen LogP contribution in [0.4, 0.5) is 5.95 Å². The molecule has 3 nitrogen and oxygen atoms in total. The van der Waals surface area contributed by atoms with E-state index in [1.54, 1.807) is 12.4 Å². The maximum atomic E-state index is 4.05. The van der Waals surface area contributed by atoms with Gasteiger partial charge in [-0.3, -0.25) is 0 Å². The number of nitrogens with one attached hydrogen (secondary N) is 1. The molecule has 0 aliphatic heterocycles. The zero-order valence-corrected chi connectivity index (χ0v) is 6.26. The third kappa shape index (κ3) is 1.69. The maximum absolute atomic E-state index is 4.05. The molecule has 0 saturated heterocycles. The average Bonchev–Trinajstić information content (AvgIpc) is 1.95. The Hall–Kier alpha value is -1.12. The van der Waals surface area contributed by atoms with Gasteiger partial charge < -0.3 is 5.32 Å². The average molecular weight is 137 g/mol. The first kappa shape index (κ1) is 6.99. The fraction of sp³-hybridized carbons (Fsp3) is 0.429. The molecule has 1 aromatic rings. The van der Waals surface area contributed by atoms with Gasteiger partial charge in [-0.1, -0.05) is 0 Å². The van der Waals surface area contributed by atoms with Gasteiger partial charge in [0, 0.05) is 18.9 Å². The third-order valence-corrected chi connectivity index (χ3v) is 1.12. The largest absolute Gasteiger partial charge is 0.355 e. The Morgan fingerprint density at radius 1 is 1.40 bits per heavy atom. The van der Waals surface area contributed by atoms with Gasteiger partial charge in [0.15, 0.2) is 0 Å². The van der Waals surface area contributed by atoms with E-state index in [0.717, 1.165) is 12.1 Å². The molecule has 0 unspecified atom stereocenters. The molecule has 0 bridgehead atoms. The van der Waals surface area contributed by atoms with Gasteiger partial charge >= 0.3 is 0 Å². The first-order chi connectivity index (χ1) is 4.83. The Bertz CT molecular complexity index is 193. The zero-order chi connectivity index (χ0) is 7.40.